The van der Waals surface area contributed by atoms with Gasteiger partial charge in [0.15, 0.2) is 11.5 Å². The largest absolute Gasteiger partial charge is 0.453 e. The Balaban J connectivity index is 2.51. The van der Waals surface area contributed by atoms with E-state index in [1.165, 1.54) is 0 Å². The van der Waals surface area contributed by atoms with Crippen LogP contribution >= 0.6 is 0 Å². The fourth-order valence-electron chi connectivity index (χ4n) is 1.21. The molecule has 0 fully saturated rings. The summed E-state index contributed by atoms with van der Waals surface area (Å²) in [7, 11) is 0. The van der Waals surface area contributed by atoms with Crippen molar-refractivity contribution < 1.29 is 9.47 Å². The fourth-order valence-corrected chi connectivity index (χ4v) is 1.21. The second-order valence-electron chi connectivity index (χ2n) is 2.62. The van der Waals surface area contributed by atoms with Crippen molar-refractivity contribution in [2.24, 2.45) is 5.73 Å². The van der Waals surface area contributed by atoms with E-state index in [1.54, 1.807) is 6.07 Å². The van der Waals surface area contributed by atoms with Gasteiger partial charge in [0.25, 0.3) is 0 Å². The van der Waals surface area contributed by atoms with Gasteiger partial charge >= 0.3 is 0 Å². The molecule has 0 aromatic heterocycles. The number of fused-ring (bicyclic) bond motifs is 1. The summed E-state index contributed by atoms with van der Waals surface area (Å²) < 4.78 is 10.3. The van der Waals surface area contributed by atoms with Crippen molar-refractivity contribution in [3.8, 4) is 11.5 Å². The molecule has 0 saturated carbocycles. The van der Waals surface area contributed by atoms with Gasteiger partial charge in [-0.3, -0.25) is 0 Å². The standard InChI is InChI=1S/C8H10N2O2/c9-3-5-1-6(10)8-7(2-5)11-4-12-8/h1-2H,3-4,9-10H2. The maximum Gasteiger partial charge on any atom is 0.231 e. The maximum atomic E-state index is 5.69. The van der Waals surface area contributed by atoms with Gasteiger partial charge in [-0.1, -0.05) is 0 Å². The Morgan fingerprint density at radius 1 is 1.33 bits per heavy atom. The number of hydrogen-bond donors (Lipinski definition) is 2. The molecule has 4 nitrogen and oxygen atoms in total. The molecule has 0 unspecified atom stereocenters. The van der Waals surface area contributed by atoms with E-state index in [4.69, 9.17) is 20.9 Å². The van der Waals surface area contributed by atoms with Crippen LogP contribution in [0, 0.1) is 0 Å². The maximum absolute atomic E-state index is 5.69. The van der Waals surface area contributed by atoms with E-state index >= 15 is 0 Å². The number of ether oxygens (including phenoxy) is 2. The van der Waals surface area contributed by atoms with Gasteiger partial charge in [0.1, 0.15) is 0 Å². The number of rotatable bonds is 1. The monoisotopic (exact) mass is 166 g/mol. The minimum absolute atomic E-state index is 0.244. The average Bonchev–Trinajstić information content (AvgIpc) is 2.52. The van der Waals surface area contributed by atoms with Crippen molar-refractivity contribution in [2.45, 2.75) is 6.54 Å². The molecule has 0 bridgehead atoms. The van der Waals surface area contributed by atoms with Crippen LogP contribution in [0.1, 0.15) is 5.56 Å². The van der Waals surface area contributed by atoms with Gasteiger partial charge in [-0.2, -0.15) is 0 Å². The summed E-state index contributed by atoms with van der Waals surface area (Å²) in [5.74, 6) is 1.32. The van der Waals surface area contributed by atoms with Crippen molar-refractivity contribution >= 4 is 5.69 Å². The Bertz CT molecular complexity index is 312. The first kappa shape index (κ1) is 7.24. The molecule has 0 radical (unpaired) electrons. The predicted molar refractivity (Wildman–Crippen MR) is 44.9 cm³/mol. The molecule has 0 spiro atoms. The summed E-state index contributed by atoms with van der Waals surface area (Å²) in [4.78, 5) is 0. The summed E-state index contributed by atoms with van der Waals surface area (Å²) in [5, 5.41) is 0. The van der Waals surface area contributed by atoms with E-state index in [0.717, 1.165) is 5.56 Å². The number of nitrogen functional groups attached to an aromatic ring is 1. The highest BCUT2D eigenvalue weighted by Crippen LogP contribution is 2.38. The summed E-state index contributed by atoms with van der Waals surface area (Å²) in [6.45, 7) is 0.703. The van der Waals surface area contributed by atoms with Gasteiger partial charge in [0.05, 0.1) is 5.69 Å². The lowest BCUT2D eigenvalue weighted by Crippen LogP contribution is -1.98. The lowest BCUT2D eigenvalue weighted by molar-refractivity contribution is 0.174. The van der Waals surface area contributed by atoms with Crippen LogP contribution in [0.4, 0.5) is 5.69 Å². The van der Waals surface area contributed by atoms with E-state index in [0.29, 0.717) is 23.7 Å². The topological polar surface area (TPSA) is 70.5 Å². The van der Waals surface area contributed by atoms with Crippen LogP contribution in [0.15, 0.2) is 12.1 Å². The highest BCUT2D eigenvalue weighted by molar-refractivity contribution is 5.63. The third-order valence-electron chi connectivity index (χ3n) is 1.80. The van der Waals surface area contributed by atoms with Crippen LogP contribution in [0.2, 0.25) is 0 Å². The van der Waals surface area contributed by atoms with E-state index in [-0.39, 0.29) is 6.79 Å². The SMILES string of the molecule is NCc1cc(N)c2c(c1)OCO2. The lowest BCUT2D eigenvalue weighted by atomic mass is 10.2. The van der Waals surface area contributed by atoms with Gasteiger partial charge in [0.2, 0.25) is 6.79 Å². The first-order valence-corrected chi connectivity index (χ1v) is 3.69. The zero-order chi connectivity index (χ0) is 8.55. The normalized spacial score (nSPS) is 13.4. The van der Waals surface area contributed by atoms with Crippen LogP contribution in [0.3, 0.4) is 0 Å². The highest BCUT2D eigenvalue weighted by atomic mass is 16.7. The number of nitrogens with two attached hydrogens (primary N) is 2. The highest BCUT2D eigenvalue weighted by Gasteiger charge is 2.16. The molecule has 4 N–H and O–H groups in total. The smallest absolute Gasteiger partial charge is 0.231 e. The van der Waals surface area contributed by atoms with Crippen LogP contribution in [-0.2, 0) is 6.54 Å². The van der Waals surface area contributed by atoms with Crippen LogP contribution < -0.4 is 20.9 Å². The summed E-state index contributed by atoms with van der Waals surface area (Å²) in [6, 6.07) is 3.65. The van der Waals surface area contributed by atoms with Gasteiger partial charge in [-0.15, -0.1) is 0 Å². The van der Waals surface area contributed by atoms with E-state index in [1.807, 2.05) is 6.07 Å². The van der Waals surface area contributed by atoms with E-state index in [9.17, 15) is 0 Å². The minimum Gasteiger partial charge on any atom is -0.453 e. The zero-order valence-corrected chi connectivity index (χ0v) is 6.54. The molecule has 1 heterocycles. The third kappa shape index (κ3) is 0.967. The first-order valence-electron chi connectivity index (χ1n) is 3.69. The molecule has 1 aliphatic rings. The van der Waals surface area contributed by atoms with E-state index < -0.39 is 0 Å². The Morgan fingerprint density at radius 2 is 2.17 bits per heavy atom. The van der Waals surface area contributed by atoms with Gasteiger partial charge < -0.3 is 20.9 Å². The number of hydrogen-bond acceptors (Lipinski definition) is 4. The van der Waals surface area contributed by atoms with Crippen molar-refractivity contribution in [3.63, 3.8) is 0 Å². The molecule has 1 aromatic rings. The average molecular weight is 166 g/mol. The quantitative estimate of drug-likeness (QED) is 0.594. The van der Waals surface area contributed by atoms with Crippen molar-refractivity contribution in [2.75, 3.05) is 12.5 Å². The van der Waals surface area contributed by atoms with Crippen molar-refractivity contribution in [1.29, 1.82) is 0 Å². The molecule has 0 saturated heterocycles. The molecule has 4 heteroatoms. The molecule has 2 rings (SSSR count). The Morgan fingerprint density at radius 3 is 2.92 bits per heavy atom. The van der Waals surface area contributed by atoms with Crippen molar-refractivity contribution in [1.82, 2.24) is 0 Å². The first-order chi connectivity index (χ1) is 5.81. The second-order valence-corrected chi connectivity index (χ2v) is 2.62. The van der Waals surface area contributed by atoms with Gasteiger partial charge in [-0.05, 0) is 17.7 Å². The molecule has 64 valence electrons. The molecule has 1 aliphatic heterocycles. The van der Waals surface area contributed by atoms with Gasteiger partial charge in [-0.25, -0.2) is 0 Å². The number of anilines is 1. The van der Waals surface area contributed by atoms with Crippen LogP contribution in [-0.4, -0.2) is 6.79 Å². The third-order valence-corrected chi connectivity index (χ3v) is 1.80. The Kier molecular flexibility index (Phi) is 1.55. The molecular weight excluding hydrogens is 156 g/mol. The van der Waals surface area contributed by atoms with E-state index in [2.05, 4.69) is 0 Å². The second kappa shape index (κ2) is 2.57. The minimum atomic E-state index is 0.244. The molecule has 0 atom stereocenters. The van der Waals surface area contributed by atoms with Crippen molar-refractivity contribution in [3.05, 3.63) is 17.7 Å². The molecule has 12 heavy (non-hydrogen) atoms. The molecular formula is C8H10N2O2. The molecule has 1 aromatic carbocycles. The Labute approximate surface area is 70.1 Å². The van der Waals surface area contributed by atoms with Crippen LogP contribution in [0.5, 0.6) is 11.5 Å². The zero-order valence-electron chi connectivity index (χ0n) is 6.54. The Hall–Kier alpha value is -1.42. The summed E-state index contributed by atoms with van der Waals surface area (Å²) in [6.07, 6.45) is 0. The summed E-state index contributed by atoms with van der Waals surface area (Å²) >= 11 is 0. The molecule has 0 amide bonds. The lowest BCUT2D eigenvalue weighted by Gasteiger charge is -2.02. The molecule has 0 aliphatic carbocycles. The predicted octanol–water partition coefficient (Wildman–Crippen LogP) is 0.456. The number of benzene rings is 1. The van der Waals surface area contributed by atoms with Crippen LogP contribution in [0.25, 0.3) is 0 Å². The summed E-state index contributed by atoms with van der Waals surface area (Å²) in [5.41, 5.74) is 12.7. The van der Waals surface area contributed by atoms with Gasteiger partial charge in [0, 0.05) is 6.54 Å². The fraction of sp³-hybridized carbons (Fsp3) is 0.250.